The van der Waals surface area contributed by atoms with Gasteiger partial charge in [-0.15, -0.1) is 0 Å². The summed E-state index contributed by atoms with van der Waals surface area (Å²) in [4.78, 5) is 6.42. The summed E-state index contributed by atoms with van der Waals surface area (Å²) in [5.74, 6) is 5.87. The first-order valence-corrected chi connectivity index (χ1v) is 20.5. The summed E-state index contributed by atoms with van der Waals surface area (Å²) in [7, 11) is 0. The van der Waals surface area contributed by atoms with E-state index in [2.05, 4.69) is 37.5 Å². The van der Waals surface area contributed by atoms with E-state index in [0.29, 0.717) is 0 Å². The number of nitrogens with zero attached hydrogens (tertiary/aromatic N) is 2. The van der Waals surface area contributed by atoms with Crippen molar-refractivity contribution in [1.82, 2.24) is 9.80 Å². The second-order valence-corrected chi connectivity index (χ2v) is 18.2. The van der Waals surface area contributed by atoms with Crippen molar-refractivity contribution in [2.24, 2.45) is 35.5 Å². The normalized spacial score (nSPS) is 45.3. The van der Waals surface area contributed by atoms with Gasteiger partial charge in [0.1, 0.15) is 0 Å². The van der Waals surface area contributed by atoms with Gasteiger partial charge >= 0.3 is 0 Å². The van der Waals surface area contributed by atoms with E-state index in [1.807, 2.05) is 0 Å². The molecule has 0 saturated heterocycles. The van der Waals surface area contributed by atoms with Crippen molar-refractivity contribution in [2.75, 3.05) is 0 Å². The third kappa shape index (κ3) is 8.64. The van der Waals surface area contributed by atoms with Gasteiger partial charge in [0.25, 0.3) is 0 Å². The molecule has 248 valence electrons. The lowest BCUT2D eigenvalue weighted by molar-refractivity contribution is -0.00676. The molecule has 0 radical (unpaired) electrons. The van der Waals surface area contributed by atoms with Gasteiger partial charge in [-0.1, -0.05) is 79.1 Å². The molecule has 8 unspecified atom stereocenters. The maximum atomic E-state index is 3.21. The van der Waals surface area contributed by atoms with Crippen LogP contribution in [-0.4, -0.2) is 46.1 Å². The zero-order valence-electron chi connectivity index (χ0n) is 29.5. The van der Waals surface area contributed by atoms with Crippen LogP contribution in [0.25, 0.3) is 0 Å². The highest BCUT2D eigenvalue weighted by atomic mass is 15.2. The summed E-state index contributed by atoms with van der Waals surface area (Å²) in [6.45, 7) is 10.2. The quantitative estimate of drug-likeness (QED) is 0.276. The van der Waals surface area contributed by atoms with Gasteiger partial charge < -0.3 is 0 Å². The fourth-order valence-corrected chi connectivity index (χ4v) is 12.3. The molecule has 2 heteroatoms. The maximum Gasteiger partial charge on any atom is 0.0104 e. The van der Waals surface area contributed by atoms with Gasteiger partial charge in [-0.2, -0.15) is 0 Å². The molecule has 6 fully saturated rings. The monoisotopic (exact) mass is 595 g/mol. The summed E-state index contributed by atoms with van der Waals surface area (Å²) < 4.78 is 0. The van der Waals surface area contributed by atoms with Crippen LogP contribution in [0.15, 0.2) is 0 Å². The highest BCUT2D eigenvalue weighted by Gasteiger charge is 2.40. The number of hydrogen-bond donors (Lipinski definition) is 0. The van der Waals surface area contributed by atoms with Crippen molar-refractivity contribution in [3.63, 3.8) is 0 Å². The molecule has 43 heavy (non-hydrogen) atoms. The molecule has 0 aliphatic heterocycles. The highest BCUT2D eigenvalue weighted by Crippen LogP contribution is 2.44. The molecule has 8 atom stereocenters. The smallest absolute Gasteiger partial charge is 0.0104 e. The second kappa shape index (κ2) is 15.7. The van der Waals surface area contributed by atoms with E-state index in [9.17, 15) is 0 Å². The van der Waals surface area contributed by atoms with Crippen LogP contribution in [-0.2, 0) is 0 Å². The summed E-state index contributed by atoms with van der Waals surface area (Å²) in [6, 6.07) is 5.41. The van der Waals surface area contributed by atoms with Gasteiger partial charge in [-0.25, -0.2) is 0 Å². The Morgan fingerprint density at radius 2 is 0.605 bits per heavy atom. The zero-order valence-corrected chi connectivity index (χ0v) is 29.5. The lowest BCUT2D eigenvalue weighted by Gasteiger charge is -2.50. The fourth-order valence-electron chi connectivity index (χ4n) is 12.3. The third-order valence-electron chi connectivity index (χ3n) is 14.5. The van der Waals surface area contributed by atoms with Gasteiger partial charge in [0, 0.05) is 36.3 Å². The summed E-state index contributed by atoms with van der Waals surface area (Å²) in [6.07, 6.45) is 37.6. The van der Waals surface area contributed by atoms with E-state index in [1.165, 1.54) is 154 Å². The van der Waals surface area contributed by atoms with Crippen molar-refractivity contribution < 1.29 is 0 Å². The molecule has 0 amide bonds. The Morgan fingerprint density at radius 1 is 0.326 bits per heavy atom. The Morgan fingerprint density at radius 3 is 0.860 bits per heavy atom. The van der Waals surface area contributed by atoms with E-state index < -0.39 is 0 Å². The average molecular weight is 595 g/mol. The Kier molecular flexibility index (Phi) is 12.0. The summed E-state index contributed by atoms with van der Waals surface area (Å²) in [5, 5.41) is 0. The Balaban J connectivity index is 1.01. The second-order valence-electron chi connectivity index (χ2n) is 18.2. The molecule has 0 heterocycles. The highest BCUT2D eigenvalue weighted by molar-refractivity contribution is 4.95. The van der Waals surface area contributed by atoms with Crippen molar-refractivity contribution in [3.8, 4) is 0 Å². The molecule has 0 spiro atoms. The van der Waals surface area contributed by atoms with Crippen LogP contribution in [0.5, 0.6) is 0 Å². The standard InChI is InChI=1S/C41H74N2/c1-30-9-5-13-38(25-30)42(39-14-6-10-31(2)26-39)36-21-17-34(18-22-36)29-35-19-23-37(24-20-35)43(40-15-7-11-32(3)27-40)41-16-8-12-33(4)28-41/h30-41H,5-29H2,1-4H3. The van der Waals surface area contributed by atoms with Gasteiger partial charge in [0.05, 0.1) is 0 Å². The predicted molar refractivity (Wildman–Crippen MR) is 185 cm³/mol. The Labute approximate surface area is 269 Å². The van der Waals surface area contributed by atoms with Gasteiger partial charge in [-0.05, 0) is 145 Å². The SMILES string of the molecule is CC1CCCC(N(C2CCC(CC3CCC(N(C4CCCC(C)C4)C4CCCC(C)C4)CC3)CC2)C2CCCC(C)C2)C1. The first-order chi connectivity index (χ1) is 20.9. The van der Waals surface area contributed by atoms with Crippen LogP contribution in [0.4, 0.5) is 0 Å². The molecule has 6 rings (SSSR count). The Bertz CT molecular complexity index is 699. The fraction of sp³-hybridized carbons (Fsp3) is 1.00. The minimum Gasteiger partial charge on any atom is -0.294 e. The van der Waals surface area contributed by atoms with Crippen LogP contribution < -0.4 is 0 Å². The van der Waals surface area contributed by atoms with Crippen LogP contribution in [0, 0.1) is 35.5 Å². The molecular formula is C41H74N2. The van der Waals surface area contributed by atoms with Crippen LogP contribution >= 0.6 is 0 Å². The zero-order chi connectivity index (χ0) is 29.8. The Hall–Kier alpha value is -0.0800. The largest absolute Gasteiger partial charge is 0.294 e. The maximum absolute atomic E-state index is 3.21. The minimum atomic E-state index is 0.901. The molecule has 6 aliphatic carbocycles. The molecular weight excluding hydrogens is 520 g/mol. The van der Waals surface area contributed by atoms with E-state index in [4.69, 9.17) is 0 Å². The summed E-state index contributed by atoms with van der Waals surface area (Å²) in [5.41, 5.74) is 0. The molecule has 0 aromatic carbocycles. The molecule has 0 aromatic heterocycles. The van der Waals surface area contributed by atoms with Crippen LogP contribution in [0.3, 0.4) is 0 Å². The van der Waals surface area contributed by atoms with Gasteiger partial charge in [0.2, 0.25) is 0 Å². The lowest BCUT2D eigenvalue weighted by Crippen LogP contribution is -2.53. The van der Waals surface area contributed by atoms with Crippen molar-refractivity contribution >= 4 is 0 Å². The molecule has 0 bridgehead atoms. The lowest BCUT2D eigenvalue weighted by atomic mass is 9.73. The molecule has 0 N–H and O–H groups in total. The van der Waals surface area contributed by atoms with Crippen LogP contribution in [0.1, 0.15) is 188 Å². The van der Waals surface area contributed by atoms with E-state index in [1.54, 1.807) is 6.42 Å². The predicted octanol–water partition coefficient (Wildman–Crippen LogP) is 11.4. The van der Waals surface area contributed by atoms with Gasteiger partial charge in [-0.3, -0.25) is 9.80 Å². The van der Waals surface area contributed by atoms with Crippen molar-refractivity contribution in [2.45, 2.75) is 224 Å². The van der Waals surface area contributed by atoms with E-state index in [0.717, 1.165) is 71.8 Å². The minimum absolute atomic E-state index is 0.901. The molecule has 0 aromatic rings. The molecule has 2 nitrogen and oxygen atoms in total. The molecule has 6 saturated carbocycles. The van der Waals surface area contributed by atoms with Crippen LogP contribution in [0.2, 0.25) is 0 Å². The third-order valence-corrected chi connectivity index (χ3v) is 14.5. The van der Waals surface area contributed by atoms with Gasteiger partial charge in [0.15, 0.2) is 0 Å². The summed E-state index contributed by atoms with van der Waals surface area (Å²) >= 11 is 0. The van der Waals surface area contributed by atoms with E-state index >= 15 is 0 Å². The van der Waals surface area contributed by atoms with Crippen molar-refractivity contribution in [3.05, 3.63) is 0 Å². The first-order valence-electron chi connectivity index (χ1n) is 20.5. The first kappa shape index (κ1) is 32.8. The number of rotatable bonds is 8. The van der Waals surface area contributed by atoms with Crippen molar-refractivity contribution in [1.29, 1.82) is 0 Å². The topological polar surface area (TPSA) is 6.48 Å². The molecule has 6 aliphatic rings. The van der Waals surface area contributed by atoms with E-state index in [-0.39, 0.29) is 0 Å². The number of hydrogen-bond acceptors (Lipinski definition) is 2. The average Bonchev–Trinajstić information content (AvgIpc) is 3.00.